The minimum absolute atomic E-state index is 0.0694. The molecule has 3 nitrogen and oxygen atoms in total. The summed E-state index contributed by atoms with van der Waals surface area (Å²) >= 11 is 0. The highest BCUT2D eigenvalue weighted by Gasteiger charge is 2.63. The monoisotopic (exact) mass is 332 g/mol. The molecule has 2 aromatic carbocycles. The van der Waals surface area contributed by atoms with E-state index in [2.05, 4.69) is 6.58 Å². The van der Waals surface area contributed by atoms with E-state index in [-0.39, 0.29) is 18.2 Å². The zero-order chi connectivity index (χ0) is 17.8. The van der Waals surface area contributed by atoms with Gasteiger partial charge in [0, 0.05) is 17.4 Å². The molecular formula is C22H20O3. The zero-order valence-electron chi connectivity index (χ0n) is 14.5. The number of rotatable bonds is 1. The van der Waals surface area contributed by atoms with Gasteiger partial charge in [-0.3, -0.25) is 9.59 Å². The van der Waals surface area contributed by atoms with Crippen LogP contribution >= 0.6 is 0 Å². The van der Waals surface area contributed by atoms with Crippen molar-refractivity contribution >= 4 is 17.3 Å². The van der Waals surface area contributed by atoms with Gasteiger partial charge in [0.05, 0.1) is 7.11 Å². The van der Waals surface area contributed by atoms with Crippen molar-refractivity contribution < 1.29 is 14.3 Å². The minimum Gasteiger partial charge on any atom is -0.468 e. The maximum absolute atomic E-state index is 13.2. The number of benzene rings is 2. The van der Waals surface area contributed by atoms with Gasteiger partial charge in [0.1, 0.15) is 5.41 Å². The molecule has 2 aromatic rings. The first-order chi connectivity index (χ1) is 12.0. The van der Waals surface area contributed by atoms with Crippen molar-refractivity contribution in [3.05, 3.63) is 77.4 Å². The molecule has 0 fully saturated rings. The third-order valence-corrected chi connectivity index (χ3v) is 6.06. The summed E-state index contributed by atoms with van der Waals surface area (Å²) in [6.45, 7) is 6.26. The van der Waals surface area contributed by atoms with Gasteiger partial charge in [-0.1, -0.05) is 62.0 Å². The molecule has 0 spiro atoms. The molecule has 2 aliphatic rings. The predicted molar refractivity (Wildman–Crippen MR) is 96.5 cm³/mol. The average molecular weight is 332 g/mol. The molecule has 25 heavy (non-hydrogen) atoms. The van der Waals surface area contributed by atoms with E-state index < -0.39 is 10.8 Å². The van der Waals surface area contributed by atoms with Crippen LogP contribution in [0.1, 0.15) is 46.8 Å². The molecule has 0 heterocycles. The van der Waals surface area contributed by atoms with Gasteiger partial charge in [0.15, 0.2) is 5.78 Å². The molecule has 0 aliphatic heterocycles. The Labute approximate surface area is 147 Å². The summed E-state index contributed by atoms with van der Waals surface area (Å²) in [4.78, 5) is 26.1. The number of methoxy groups -OCH3 is 1. The number of allylic oxidation sites excluding steroid dienone is 1. The number of esters is 1. The molecule has 0 radical (unpaired) electrons. The number of ether oxygens (including phenoxy) is 1. The Morgan fingerprint density at radius 3 is 2.28 bits per heavy atom. The van der Waals surface area contributed by atoms with E-state index in [4.69, 9.17) is 4.74 Å². The Hall–Kier alpha value is -2.68. The van der Waals surface area contributed by atoms with Crippen LogP contribution in [0.5, 0.6) is 0 Å². The number of carbonyl (C=O) groups excluding carboxylic acids is 2. The zero-order valence-corrected chi connectivity index (χ0v) is 14.5. The standard InChI is InChI=1S/C22H20O3/c1-14-12-22(20(24)25-3)18-11-7-5-9-16(18)19(23)13-21(22,2)17-10-6-4-8-15(14)17/h4-11H,1,12-13H2,2-3H3/t21-,22-/m0/s1. The highest BCUT2D eigenvalue weighted by atomic mass is 16.5. The van der Waals surface area contributed by atoms with E-state index in [1.165, 1.54) is 7.11 Å². The number of fused-ring (bicyclic) bond motifs is 5. The van der Waals surface area contributed by atoms with Crippen molar-refractivity contribution in [1.82, 2.24) is 0 Å². The third-order valence-electron chi connectivity index (χ3n) is 6.06. The number of ketones is 1. The molecule has 0 N–H and O–H groups in total. The van der Waals surface area contributed by atoms with Crippen LogP contribution in [0, 0.1) is 0 Å². The number of hydrogen-bond acceptors (Lipinski definition) is 3. The van der Waals surface area contributed by atoms with Gasteiger partial charge < -0.3 is 4.74 Å². The second kappa shape index (κ2) is 5.16. The van der Waals surface area contributed by atoms with E-state index >= 15 is 0 Å². The van der Waals surface area contributed by atoms with Gasteiger partial charge in [-0.05, 0) is 28.7 Å². The van der Waals surface area contributed by atoms with Gasteiger partial charge >= 0.3 is 5.97 Å². The fourth-order valence-electron chi connectivity index (χ4n) is 4.85. The average Bonchev–Trinajstić information content (AvgIpc) is 2.63. The summed E-state index contributed by atoms with van der Waals surface area (Å²) in [5.74, 6) is -0.231. The Kier molecular flexibility index (Phi) is 3.26. The summed E-state index contributed by atoms with van der Waals surface area (Å²) in [7, 11) is 1.42. The summed E-state index contributed by atoms with van der Waals surface area (Å²) in [6.07, 6.45) is 0.737. The van der Waals surface area contributed by atoms with Crippen LogP contribution in [-0.2, 0) is 20.4 Å². The normalized spacial score (nSPS) is 27.1. The Morgan fingerprint density at radius 1 is 1.00 bits per heavy atom. The first-order valence-electron chi connectivity index (χ1n) is 8.44. The van der Waals surface area contributed by atoms with E-state index in [0.29, 0.717) is 12.0 Å². The molecule has 0 saturated heterocycles. The fraction of sp³-hybridized carbons (Fsp3) is 0.273. The number of carbonyl (C=O) groups is 2. The summed E-state index contributed by atoms with van der Waals surface area (Å²) in [6, 6.07) is 15.4. The predicted octanol–water partition coefficient (Wildman–Crippen LogP) is 4.06. The smallest absolute Gasteiger partial charge is 0.317 e. The maximum Gasteiger partial charge on any atom is 0.317 e. The van der Waals surface area contributed by atoms with Crippen LogP contribution in [0.15, 0.2) is 55.1 Å². The van der Waals surface area contributed by atoms with Crippen LogP contribution in [0.4, 0.5) is 0 Å². The minimum atomic E-state index is -0.933. The van der Waals surface area contributed by atoms with E-state index in [1.807, 2.05) is 55.5 Å². The molecule has 0 aromatic heterocycles. The Bertz CT molecular complexity index is 926. The van der Waals surface area contributed by atoms with Crippen molar-refractivity contribution in [1.29, 1.82) is 0 Å². The molecule has 2 atom stereocenters. The van der Waals surface area contributed by atoms with Crippen LogP contribution in [0.25, 0.3) is 5.57 Å². The Balaban J connectivity index is 2.13. The van der Waals surface area contributed by atoms with Crippen LogP contribution < -0.4 is 0 Å². The maximum atomic E-state index is 13.2. The second-order valence-corrected chi connectivity index (χ2v) is 7.20. The SMILES string of the molecule is C=C1C[C@@]2(C(=O)OC)c3ccccc3C(=O)C[C@@]2(C)c2ccccc21. The summed E-state index contributed by atoms with van der Waals surface area (Å²) < 4.78 is 5.28. The van der Waals surface area contributed by atoms with E-state index in [9.17, 15) is 9.59 Å². The van der Waals surface area contributed by atoms with Crippen molar-refractivity contribution in [2.24, 2.45) is 0 Å². The van der Waals surface area contributed by atoms with E-state index in [1.54, 1.807) is 0 Å². The van der Waals surface area contributed by atoms with Crippen LogP contribution in [0.2, 0.25) is 0 Å². The van der Waals surface area contributed by atoms with Gasteiger partial charge in [0.25, 0.3) is 0 Å². The van der Waals surface area contributed by atoms with Gasteiger partial charge in [-0.2, -0.15) is 0 Å². The van der Waals surface area contributed by atoms with Crippen molar-refractivity contribution in [3.8, 4) is 0 Å². The largest absolute Gasteiger partial charge is 0.468 e. The van der Waals surface area contributed by atoms with Crippen molar-refractivity contribution in [3.63, 3.8) is 0 Å². The fourth-order valence-corrected chi connectivity index (χ4v) is 4.85. The molecule has 2 aliphatic carbocycles. The first-order valence-corrected chi connectivity index (χ1v) is 8.44. The second-order valence-electron chi connectivity index (χ2n) is 7.20. The topological polar surface area (TPSA) is 43.4 Å². The van der Waals surface area contributed by atoms with E-state index in [0.717, 1.165) is 22.3 Å². The molecule has 0 saturated carbocycles. The highest BCUT2D eigenvalue weighted by Crippen LogP contribution is 2.60. The van der Waals surface area contributed by atoms with Gasteiger partial charge in [-0.15, -0.1) is 0 Å². The molecule has 0 unspecified atom stereocenters. The van der Waals surface area contributed by atoms with Crippen LogP contribution in [0.3, 0.4) is 0 Å². The summed E-state index contributed by atoms with van der Waals surface area (Å²) in [5, 5.41) is 0. The quantitative estimate of drug-likeness (QED) is 0.740. The lowest BCUT2D eigenvalue weighted by atomic mass is 9.47. The third kappa shape index (κ3) is 1.81. The first kappa shape index (κ1) is 15.8. The highest BCUT2D eigenvalue weighted by molar-refractivity contribution is 6.06. The van der Waals surface area contributed by atoms with Gasteiger partial charge in [-0.25, -0.2) is 0 Å². The summed E-state index contributed by atoms with van der Waals surface area (Å²) in [5.41, 5.74) is 2.73. The number of hydrogen-bond donors (Lipinski definition) is 0. The van der Waals surface area contributed by atoms with Gasteiger partial charge in [0.2, 0.25) is 0 Å². The molecular weight excluding hydrogens is 312 g/mol. The van der Waals surface area contributed by atoms with Crippen LogP contribution in [-0.4, -0.2) is 18.9 Å². The molecule has 126 valence electrons. The molecule has 4 rings (SSSR count). The Morgan fingerprint density at radius 2 is 1.60 bits per heavy atom. The number of Topliss-reactive ketones (excluding diaryl/α,β-unsaturated/α-hetero) is 1. The lowest BCUT2D eigenvalue weighted by Crippen LogP contribution is -2.59. The molecule has 0 bridgehead atoms. The molecule has 3 heteroatoms. The van der Waals surface area contributed by atoms with Crippen molar-refractivity contribution in [2.75, 3.05) is 7.11 Å². The lowest BCUT2D eigenvalue weighted by Gasteiger charge is -2.54. The lowest BCUT2D eigenvalue weighted by molar-refractivity contribution is -0.151. The molecule has 0 amide bonds. The van der Waals surface area contributed by atoms with Crippen molar-refractivity contribution in [2.45, 2.75) is 30.6 Å².